The molecule has 1 saturated carbocycles. The van der Waals surface area contributed by atoms with Crippen LogP contribution in [0.25, 0.3) is 0 Å². The van der Waals surface area contributed by atoms with E-state index in [9.17, 15) is 0 Å². The Morgan fingerprint density at radius 2 is 1.24 bits per heavy atom. The van der Waals surface area contributed by atoms with E-state index in [1.165, 1.54) is 33.8 Å². The normalized spacial score (nSPS) is 18.5. The molecule has 0 aliphatic heterocycles. The zero-order chi connectivity index (χ0) is 17.1. The maximum absolute atomic E-state index is 2.32. The van der Waals surface area contributed by atoms with Crippen molar-refractivity contribution < 1.29 is 0 Å². The van der Waals surface area contributed by atoms with E-state index in [0.29, 0.717) is 5.92 Å². The first kappa shape index (κ1) is 16.8. The number of hydrogen-bond acceptors (Lipinski definition) is 2. The van der Waals surface area contributed by atoms with Crippen LogP contribution in [0.3, 0.4) is 0 Å². The fraction of sp³-hybridized carbons (Fsp3) is 0.217. The SMILES string of the molecule is Cc1ccc(C2CCC2(Sc2ccccc2)Sc2ccccc2)cc1. The molecule has 25 heavy (non-hydrogen) atoms. The van der Waals surface area contributed by atoms with Crippen LogP contribution in [0.15, 0.2) is 94.7 Å². The van der Waals surface area contributed by atoms with Crippen LogP contribution in [0.2, 0.25) is 0 Å². The van der Waals surface area contributed by atoms with Crippen molar-refractivity contribution in [2.24, 2.45) is 0 Å². The first-order valence-electron chi connectivity index (χ1n) is 8.80. The maximum Gasteiger partial charge on any atom is 0.0773 e. The molecule has 3 aromatic carbocycles. The third-order valence-electron chi connectivity index (χ3n) is 4.86. The molecule has 4 rings (SSSR count). The van der Waals surface area contributed by atoms with Crippen LogP contribution in [0.4, 0.5) is 0 Å². The first-order chi connectivity index (χ1) is 12.3. The standard InChI is InChI=1S/C23H22S2/c1-18-12-14-19(15-13-18)22-16-17-23(22,24-20-8-4-2-5-9-20)25-21-10-6-3-7-11-21/h2-15,22H,16-17H2,1H3. The Labute approximate surface area is 159 Å². The summed E-state index contributed by atoms with van der Waals surface area (Å²) in [4.78, 5) is 2.73. The summed E-state index contributed by atoms with van der Waals surface area (Å²) < 4.78 is 0.179. The van der Waals surface area contributed by atoms with Crippen LogP contribution >= 0.6 is 23.5 Å². The van der Waals surface area contributed by atoms with Crippen LogP contribution in [-0.2, 0) is 0 Å². The zero-order valence-corrected chi connectivity index (χ0v) is 16.0. The van der Waals surface area contributed by atoms with Gasteiger partial charge in [0.2, 0.25) is 0 Å². The third kappa shape index (κ3) is 3.65. The van der Waals surface area contributed by atoms with Crippen LogP contribution in [0.1, 0.15) is 29.9 Å². The smallest absolute Gasteiger partial charge is 0.0773 e. The Morgan fingerprint density at radius 1 is 0.720 bits per heavy atom. The van der Waals surface area contributed by atoms with E-state index in [1.807, 2.05) is 23.5 Å². The lowest BCUT2D eigenvalue weighted by Gasteiger charge is -2.49. The highest BCUT2D eigenvalue weighted by Crippen LogP contribution is 2.64. The van der Waals surface area contributed by atoms with E-state index < -0.39 is 0 Å². The molecular formula is C23H22S2. The molecule has 0 aromatic heterocycles. The van der Waals surface area contributed by atoms with Crippen LogP contribution in [-0.4, -0.2) is 4.08 Å². The summed E-state index contributed by atoms with van der Waals surface area (Å²) in [6, 6.07) is 30.9. The minimum absolute atomic E-state index is 0.179. The first-order valence-corrected chi connectivity index (χ1v) is 10.4. The number of benzene rings is 3. The molecule has 1 atom stereocenters. The second-order valence-corrected chi connectivity index (χ2v) is 9.71. The van der Waals surface area contributed by atoms with Crippen LogP contribution in [0.5, 0.6) is 0 Å². The summed E-state index contributed by atoms with van der Waals surface area (Å²) in [5, 5.41) is 0. The van der Waals surface area contributed by atoms with Crippen molar-refractivity contribution >= 4 is 23.5 Å². The highest BCUT2D eigenvalue weighted by Gasteiger charge is 2.49. The monoisotopic (exact) mass is 362 g/mol. The second kappa shape index (κ2) is 7.31. The fourth-order valence-corrected chi connectivity index (χ4v) is 6.75. The molecule has 0 saturated heterocycles. The van der Waals surface area contributed by atoms with Gasteiger partial charge in [-0.2, -0.15) is 0 Å². The van der Waals surface area contributed by atoms with Gasteiger partial charge in [-0.25, -0.2) is 0 Å². The third-order valence-corrected chi connectivity index (χ3v) is 8.04. The molecule has 0 radical (unpaired) electrons. The molecule has 3 aromatic rings. The lowest BCUT2D eigenvalue weighted by molar-refractivity contribution is 0.403. The summed E-state index contributed by atoms with van der Waals surface area (Å²) in [5.41, 5.74) is 2.81. The number of rotatable bonds is 5. The average molecular weight is 363 g/mol. The van der Waals surface area contributed by atoms with E-state index in [2.05, 4.69) is 91.9 Å². The Balaban J connectivity index is 1.67. The molecule has 0 amide bonds. The van der Waals surface area contributed by atoms with Crippen molar-refractivity contribution in [1.29, 1.82) is 0 Å². The predicted molar refractivity (Wildman–Crippen MR) is 110 cm³/mol. The molecule has 0 bridgehead atoms. The van der Waals surface area contributed by atoms with Gasteiger partial charge in [-0.1, -0.05) is 66.2 Å². The number of aryl methyl sites for hydroxylation is 1. The van der Waals surface area contributed by atoms with E-state index in [-0.39, 0.29) is 4.08 Å². The minimum atomic E-state index is 0.179. The van der Waals surface area contributed by atoms with Crippen LogP contribution in [0, 0.1) is 6.92 Å². The number of thioether (sulfide) groups is 2. The molecule has 1 aliphatic rings. The second-order valence-electron chi connectivity index (χ2n) is 6.64. The molecule has 1 aliphatic carbocycles. The van der Waals surface area contributed by atoms with Gasteiger partial charge in [0.25, 0.3) is 0 Å². The topological polar surface area (TPSA) is 0 Å². The lowest BCUT2D eigenvalue weighted by Crippen LogP contribution is -2.39. The molecule has 2 heteroatoms. The molecular weight excluding hydrogens is 340 g/mol. The molecule has 0 heterocycles. The minimum Gasteiger partial charge on any atom is -0.107 e. The van der Waals surface area contributed by atoms with E-state index in [0.717, 1.165) is 0 Å². The van der Waals surface area contributed by atoms with Gasteiger partial charge >= 0.3 is 0 Å². The van der Waals surface area contributed by atoms with Gasteiger partial charge in [0.1, 0.15) is 0 Å². The molecule has 0 N–H and O–H groups in total. The summed E-state index contributed by atoms with van der Waals surface area (Å²) >= 11 is 4.09. The molecule has 1 fully saturated rings. The summed E-state index contributed by atoms with van der Waals surface area (Å²) in [6.45, 7) is 2.16. The van der Waals surface area contributed by atoms with E-state index in [1.54, 1.807) is 0 Å². The average Bonchev–Trinajstić information content (AvgIpc) is 2.64. The van der Waals surface area contributed by atoms with Gasteiger partial charge in [-0.3, -0.25) is 0 Å². The van der Waals surface area contributed by atoms with Crippen molar-refractivity contribution in [3.05, 3.63) is 96.1 Å². The molecule has 0 spiro atoms. The largest absolute Gasteiger partial charge is 0.107 e. The highest BCUT2D eigenvalue weighted by atomic mass is 32.2. The Hall–Kier alpha value is -1.64. The molecule has 126 valence electrons. The van der Waals surface area contributed by atoms with Crippen LogP contribution < -0.4 is 0 Å². The fourth-order valence-electron chi connectivity index (χ4n) is 3.38. The van der Waals surface area contributed by atoms with E-state index in [4.69, 9.17) is 0 Å². The highest BCUT2D eigenvalue weighted by molar-refractivity contribution is 8.18. The molecule has 0 nitrogen and oxygen atoms in total. The van der Waals surface area contributed by atoms with Gasteiger partial charge < -0.3 is 0 Å². The van der Waals surface area contributed by atoms with Gasteiger partial charge in [-0.15, -0.1) is 23.5 Å². The number of hydrogen-bond donors (Lipinski definition) is 0. The Morgan fingerprint density at radius 3 is 1.68 bits per heavy atom. The summed E-state index contributed by atoms with van der Waals surface area (Å²) in [6.07, 6.45) is 2.51. The maximum atomic E-state index is 2.32. The summed E-state index contributed by atoms with van der Waals surface area (Å²) in [7, 11) is 0. The Kier molecular flexibility index (Phi) is 4.91. The predicted octanol–water partition coefficient (Wildman–Crippen LogP) is 7.15. The summed E-state index contributed by atoms with van der Waals surface area (Å²) in [5.74, 6) is 0.587. The van der Waals surface area contributed by atoms with Gasteiger partial charge in [0.15, 0.2) is 0 Å². The quantitative estimate of drug-likeness (QED) is 0.442. The van der Waals surface area contributed by atoms with Gasteiger partial charge in [0, 0.05) is 15.7 Å². The van der Waals surface area contributed by atoms with Crippen molar-refractivity contribution in [1.82, 2.24) is 0 Å². The lowest BCUT2D eigenvalue weighted by atomic mass is 9.78. The Bertz CT molecular complexity index is 768. The van der Waals surface area contributed by atoms with E-state index >= 15 is 0 Å². The van der Waals surface area contributed by atoms with Crippen molar-refractivity contribution in [2.75, 3.05) is 0 Å². The molecule has 1 unspecified atom stereocenters. The van der Waals surface area contributed by atoms with Crippen molar-refractivity contribution in [2.45, 2.75) is 39.6 Å². The zero-order valence-electron chi connectivity index (χ0n) is 14.4. The van der Waals surface area contributed by atoms with Gasteiger partial charge in [-0.05, 0) is 49.6 Å². The van der Waals surface area contributed by atoms with Gasteiger partial charge in [0.05, 0.1) is 4.08 Å². The van der Waals surface area contributed by atoms with Crippen molar-refractivity contribution in [3.8, 4) is 0 Å². The van der Waals surface area contributed by atoms with Crippen molar-refractivity contribution in [3.63, 3.8) is 0 Å².